The number of nitrogens with zero attached hydrogens (tertiary/aromatic N) is 4. The lowest BCUT2D eigenvalue weighted by Crippen LogP contribution is -2.17. The molecule has 0 saturated carbocycles. The zero-order chi connectivity index (χ0) is 11.5. The van der Waals surface area contributed by atoms with E-state index >= 15 is 0 Å². The minimum atomic E-state index is -0.340. The first-order valence-electron chi connectivity index (χ1n) is 4.52. The van der Waals surface area contributed by atoms with Crippen molar-refractivity contribution in [3.8, 4) is 0 Å². The zero-order valence-corrected chi connectivity index (χ0v) is 8.58. The number of nitrogens with two attached hydrogens (primary N) is 1. The summed E-state index contributed by atoms with van der Waals surface area (Å²) in [6, 6.07) is 0. The molecule has 0 unspecified atom stereocenters. The van der Waals surface area contributed by atoms with Crippen LogP contribution in [0.4, 0.5) is 11.4 Å². The van der Waals surface area contributed by atoms with E-state index in [2.05, 4.69) is 20.4 Å². The van der Waals surface area contributed by atoms with Crippen molar-refractivity contribution < 1.29 is 4.79 Å². The predicted molar refractivity (Wildman–Crippen MR) is 57.6 cm³/mol. The molecule has 1 amide bonds. The van der Waals surface area contributed by atoms with Crippen LogP contribution in [0.1, 0.15) is 10.5 Å². The summed E-state index contributed by atoms with van der Waals surface area (Å²) in [5.41, 5.74) is 6.77. The van der Waals surface area contributed by atoms with Gasteiger partial charge < -0.3 is 11.1 Å². The van der Waals surface area contributed by atoms with Crippen molar-refractivity contribution in [3.63, 3.8) is 0 Å². The normalized spacial score (nSPS) is 10.1. The van der Waals surface area contributed by atoms with Gasteiger partial charge in [-0.15, -0.1) is 0 Å². The molecule has 2 heterocycles. The van der Waals surface area contributed by atoms with Crippen molar-refractivity contribution in [2.75, 3.05) is 11.1 Å². The lowest BCUT2D eigenvalue weighted by Gasteiger charge is -2.04. The molecule has 16 heavy (non-hydrogen) atoms. The summed E-state index contributed by atoms with van der Waals surface area (Å²) >= 11 is 0. The summed E-state index contributed by atoms with van der Waals surface area (Å²) in [6.07, 6.45) is 5.80. The van der Waals surface area contributed by atoms with Crippen LogP contribution in [0.5, 0.6) is 0 Å². The van der Waals surface area contributed by atoms with Gasteiger partial charge in [0, 0.05) is 7.05 Å². The van der Waals surface area contributed by atoms with E-state index in [1.807, 2.05) is 0 Å². The van der Waals surface area contributed by atoms with Gasteiger partial charge in [-0.2, -0.15) is 5.10 Å². The van der Waals surface area contributed by atoms with Crippen molar-refractivity contribution in [3.05, 3.63) is 30.6 Å². The maximum absolute atomic E-state index is 11.8. The van der Waals surface area contributed by atoms with Gasteiger partial charge in [0.2, 0.25) is 0 Å². The Kier molecular flexibility index (Phi) is 2.50. The third-order valence-electron chi connectivity index (χ3n) is 2.00. The van der Waals surface area contributed by atoms with Crippen LogP contribution in [0.25, 0.3) is 0 Å². The van der Waals surface area contributed by atoms with Gasteiger partial charge in [0.1, 0.15) is 12.0 Å². The van der Waals surface area contributed by atoms with Crippen molar-refractivity contribution in [1.82, 2.24) is 19.7 Å². The number of aryl methyl sites for hydroxylation is 1. The molecular weight excluding hydrogens is 208 g/mol. The first-order chi connectivity index (χ1) is 7.68. The van der Waals surface area contributed by atoms with Gasteiger partial charge in [-0.05, 0) is 0 Å². The fraction of sp³-hybridized carbons (Fsp3) is 0.111. The molecule has 7 nitrogen and oxygen atoms in total. The third kappa shape index (κ3) is 1.83. The Morgan fingerprint density at radius 2 is 2.06 bits per heavy atom. The second-order valence-corrected chi connectivity index (χ2v) is 3.15. The molecule has 0 bridgehead atoms. The molecule has 0 aromatic carbocycles. The van der Waals surface area contributed by atoms with Gasteiger partial charge in [-0.25, -0.2) is 9.97 Å². The first-order valence-corrected chi connectivity index (χ1v) is 4.52. The number of aromatic nitrogens is 4. The molecule has 0 spiro atoms. The highest BCUT2D eigenvalue weighted by Gasteiger charge is 2.14. The van der Waals surface area contributed by atoms with Crippen molar-refractivity contribution in [2.24, 2.45) is 7.05 Å². The lowest BCUT2D eigenvalue weighted by atomic mass is 10.3. The lowest BCUT2D eigenvalue weighted by molar-refractivity contribution is 0.101. The quantitative estimate of drug-likeness (QED) is 0.741. The van der Waals surface area contributed by atoms with E-state index in [-0.39, 0.29) is 5.91 Å². The van der Waals surface area contributed by atoms with Gasteiger partial charge in [0.05, 0.1) is 30.0 Å². The van der Waals surface area contributed by atoms with Gasteiger partial charge in [-0.3, -0.25) is 9.48 Å². The van der Waals surface area contributed by atoms with Gasteiger partial charge in [-0.1, -0.05) is 0 Å². The summed E-state index contributed by atoms with van der Waals surface area (Å²) in [7, 11) is 1.65. The minimum absolute atomic E-state index is 0.309. The van der Waals surface area contributed by atoms with Crippen LogP contribution in [0.2, 0.25) is 0 Å². The molecule has 0 fully saturated rings. The summed E-state index contributed by atoms with van der Waals surface area (Å²) in [5, 5.41) is 6.50. The highest BCUT2D eigenvalue weighted by atomic mass is 16.2. The van der Waals surface area contributed by atoms with Crippen LogP contribution < -0.4 is 11.1 Å². The molecule has 0 aliphatic heterocycles. The Labute approximate surface area is 91.3 Å². The molecular formula is C9H10N6O. The fourth-order valence-corrected chi connectivity index (χ4v) is 1.29. The Hall–Kier alpha value is -2.44. The van der Waals surface area contributed by atoms with Gasteiger partial charge in [0.15, 0.2) is 0 Å². The van der Waals surface area contributed by atoms with E-state index in [1.54, 1.807) is 7.05 Å². The molecule has 0 atom stereocenters. The Morgan fingerprint density at radius 3 is 2.62 bits per heavy atom. The van der Waals surface area contributed by atoms with Crippen molar-refractivity contribution >= 4 is 17.3 Å². The molecule has 0 aliphatic rings. The van der Waals surface area contributed by atoms with Gasteiger partial charge >= 0.3 is 0 Å². The SMILES string of the molecule is Cn1ncc(N)c1C(=O)Nc1cncnc1. The highest BCUT2D eigenvalue weighted by Crippen LogP contribution is 2.11. The molecule has 0 aliphatic carbocycles. The molecule has 0 radical (unpaired) electrons. The average Bonchev–Trinajstić information content (AvgIpc) is 2.60. The molecule has 3 N–H and O–H groups in total. The monoisotopic (exact) mass is 218 g/mol. The standard InChI is InChI=1S/C9H10N6O/c1-15-8(7(10)4-13-15)9(16)14-6-2-11-5-12-3-6/h2-5H,10H2,1H3,(H,14,16). The number of nitrogens with one attached hydrogen (secondary N) is 1. The smallest absolute Gasteiger partial charge is 0.276 e. The molecule has 82 valence electrons. The summed E-state index contributed by atoms with van der Waals surface area (Å²) in [5.74, 6) is -0.340. The first kappa shape index (κ1) is 10.1. The summed E-state index contributed by atoms with van der Waals surface area (Å²) < 4.78 is 1.41. The van der Waals surface area contributed by atoms with E-state index in [0.717, 1.165) is 0 Å². The van der Waals surface area contributed by atoms with Gasteiger partial charge in [0.25, 0.3) is 5.91 Å². The van der Waals surface area contributed by atoms with E-state index in [4.69, 9.17) is 5.73 Å². The maximum Gasteiger partial charge on any atom is 0.276 e. The molecule has 2 rings (SSSR count). The van der Waals surface area contributed by atoms with E-state index in [0.29, 0.717) is 17.1 Å². The van der Waals surface area contributed by atoms with Crippen LogP contribution in [-0.4, -0.2) is 25.7 Å². The van der Waals surface area contributed by atoms with E-state index in [9.17, 15) is 4.79 Å². The molecule has 7 heteroatoms. The van der Waals surface area contributed by atoms with E-state index in [1.165, 1.54) is 29.6 Å². The number of amides is 1. The molecule has 0 saturated heterocycles. The number of hydrogen-bond acceptors (Lipinski definition) is 5. The van der Waals surface area contributed by atoms with Crippen LogP contribution in [-0.2, 0) is 7.05 Å². The number of nitrogen functional groups attached to an aromatic ring is 1. The topological polar surface area (TPSA) is 98.7 Å². The number of anilines is 2. The summed E-state index contributed by atoms with van der Waals surface area (Å²) in [6.45, 7) is 0. The van der Waals surface area contributed by atoms with Crippen molar-refractivity contribution in [1.29, 1.82) is 0 Å². The molecule has 2 aromatic rings. The van der Waals surface area contributed by atoms with Crippen LogP contribution in [0.15, 0.2) is 24.9 Å². The fourth-order valence-electron chi connectivity index (χ4n) is 1.29. The second kappa shape index (κ2) is 3.97. The van der Waals surface area contributed by atoms with Crippen molar-refractivity contribution in [2.45, 2.75) is 0 Å². The predicted octanol–water partition coefficient (Wildman–Crippen LogP) is 0.0446. The molecule has 2 aromatic heterocycles. The Morgan fingerprint density at radius 1 is 1.38 bits per heavy atom. The highest BCUT2D eigenvalue weighted by molar-refractivity contribution is 6.06. The Bertz CT molecular complexity index is 486. The Balaban J connectivity index is 2.22. The average molecular weight is 218 g/mol. The number of carbonyl (C=O) groups excluding carboxylic acids is 1. The minimum Gasteiger partial charge on any atom is -0.396 e. The second-order valence-electron chi connectivity index (χ2n) is 3.15. The van der Waals surface area contributed by atoms with E-state index < -0.39 is 0 Å². The van der Waals surface area contributed by atoms with Crippen LogP contribution >= 0.6 is 0 Å². The number of rotatable bonds is 2. The van der Waals surface area contributed by atoms with Crippen LogP contribution in [0, 0.1) is 0 Å². The number of hydrogen-bond donors (Lipinski definition) is 2. The maximum atomic E-state index is 11.8. The number of carbonyl (C=O) groups is 1. The largest absolute Gasteiger partial charge is 0.396 e. The zero-order valence-electron chi connectivity index (χ0n) is 8.58. The van der Waals surface area contributed by atoms with Crippen LogP contribution in [0.3, 0.4) is 0 Å². The third-order valence-corrected chi connectivity index (χ3v) is 2.00. The summed E-state index contributed by atoms with van der Waals surface area (Å²) in [4.78, 5) is 19.4.